The van der Waals surface area contributed by atoms with Gasteiger partial charge in [-0.25, -0.2) is 0 Å². The summed E-state index contributed by atoms with van der Waals surface area (Å²) in [5.41, 5.74) is 4.41. The van der Waals surface area contributed by atoms with Gasteiger partial charge in [0.1, 0.15) is 0 Å². The summed E-state index contributed by atoms with van der Waals surface area (Å²) in [7, 11) is 0. The van der Waals surface area contributed by atoms with Gasteiger partial charge in [0, 0.05) is 18.7 Å². The Morgan fingerprint density at radius 3 is 1.83 bits per heavy atom. The van der Waals surface area contributed by atoms with Crippen LogP contribution in [0.3, 0.4) is 0 Å². The van der Waals surface area contributed by atoms with Crippen LogP contribution < -0.4 is 5.32 Å². The number of hydrogen-bond acceptors (Lipinski definition) is 1. The molecule has 0 aliphatic heterocycles. The summed E-state index contributed by atoms with van der Waals surface area (Å²) < 4.78 is 0. The van der Waals surface area contributed by atoms with Gasteiger partial charge in [0.15, 0.2) is 0 Å². The van der Waals surface area contributed by atoms with E-state index in [0.717, 1.165) is 19.4 Å². The van der Waals surface area contributed by atoms with Crippen LogP contribution in [0.2, 0.25) is 0 Å². The molecule has 1 aromatic carbocycles. The fourth-order valence-corrected chi connectivity index (χ4v) is 2.53. The minimum atomic E-state index is 0.174. The molecular weight excluding hydrogens is 278 g/mol. The van der Waals surface area contributed by atoms with Crippen molar-refractivity contribution >= 4 is 5.69 Å². The number of benzene rings is 1. The highest BCUT2D eigenvalue weighted by Gasteiger charge is 2.20. The van der Waals surface area contributed by atoms with Gasteiger partial charge < -0.3 is 5.32 Å². The van der Waals surface area contributed by atoms with Gasteiger partial charge >= 0.3 is 0 Å². The van der Waals surface area contributed by atoms with E-state index in [0.29, 0.717) is 0 Å². The molecule has 0 aliphatic carbocycles. The number of anilines is 1. The van der Waals surface area contributed by atoms with Crippen LogP contribution in [-0.2, 0) is 10.8 Å². The molecule has 0 unspecified atom stereocenters. The van der Waals surface area contributed by atoms with Gasteiger partial charge in [-0.3, -0.25) is 0 Å². The van der Waals surface area contributed by atoms with Gasteiger partial charge in [0.25, 0.3) is 0 Å². The van der Waals surface area contributed by atoms with Crippen LogP contribution in [0.5, 0.6) is 0 Å². The molecule has 23 heavy (non-hydrogen) atoms. The van der Waals surface area contributed by atoms with Crippen LogP contribution in [0.25, 0.3) is 0 Å². The summed E-state index contributed by atoms with van der Waals surface area (Å²) >= 11 is 0. The van der Waals surface area contributed by atoms with E-state index in [1.165, 1.54) is 36.1 Å². The fraction of sp³-hybridized carbons (Fsp3) is 0.636. The molecule has 0 bridgehead atoms. The van der Waals surface area contributed by atoms with Crippen LogP contribution >= 0.6 is 0 Å². The van der Waals surface area contributed by atoms with E-state index < -0.39 is 0 Å². The Labute approximate surface area is 144 Å². The maximum Gasteiger partial charge on any atom is 0.0346 e. The third-order valence-corrected chi connectivity index (χ3v) is 4.24. The summed E-state index contributed by atoms with van der Waals surface area (Å²) in [6.45, 7) is 14.7. The van der Waals surface area contributed by atoms with Crippen LogP contribution in [0, 0.1) is 12.3 Å². The normalized spacial score (nSPS) is 12.0. The fourth-order valence-electron chi connectivity index (χ4n) is 2.53. The number of hydrogen-bond donors (Lipinski definition) is 1. The second-order valence-corrected chi connectivity index (χ2v) is 8.59. The van der Waals surface area contributed by atoms with Crippen molar-refractivity contribution in [2.45, 2.75) is 84.5 Å². The molecule has 1 aromatic rings. The van der Waals surface area contributed by atoms with Crippen molar-refractivity contribution in [3.63, 3.8) is 0 Å². The van der Waals surface area contributed by atoms with Gasteiger partial charge in [-0.2, -0.15) is 0 Å². The Kier molecular flexibility index (Phi) is 7.20. The van der Waals surface area contributed by atoms with Crippen LogP contribution in [0.4, 0.5) is 5.69 Å². The van der Waals surface area contributed by atoms with Crippen molar-refractivity contribution in [3.8, 4) is 12.3 Å². The van der Waals surface area contributed by atoms with E-state index in [1.54, 1.807) is 0 Å². The third-order valence-electron chi connectivity index (χ3n) is 4.24. The van der Waals surface area contributed by atoms with Crippen molar-refractivity contribution < 1.29 is 0 Å². The van der Waals surface area contributed by atoms with E-state index in [1.807, 2.05) is 0 Å². The van der Waals surface area contributed by atoms with Crippen molar-refractivity contribution in [1.82, 2.24) is 0 Å². The summed E-state index contributed by atoms with van der Waals surface area (Å²) in [5, 5.41) is 3.62. The quantitative estimate of drug-likeness (QED) is 0.461. The standard InChI is InChI=1S/C22H35N/c1-8-9-10-11-12-13-14-23-20-16-18(21(2,3)4)15-19(17-20)22(5,6)7/h1,15-17,23H,9-14H2,2-7H3. The van der Waals surface area contributed by atoms with E-state index in [4.69, 9.17) is 6.42 Å². The highest BCUT2D eigenvalue weighted by atomic mass is 14.9. The second-order valence-electron chi connectivity index (χ2n) is 8.59. The second kappa shape index (κ2) is 8.44. The molecule has 1 heteroatoms. The Morgan fingerprint density at radius 1 is 0.826 bits per heavy atom. The maximum atomic E-state index is 5.28. The number of rotatable bonds is 7. The molecule has 0 aromatic heterocycles. The Hall–Kier alpha value is -1.42. The molecule has 0 heterocycles. The first kappa shape index (κ1) is 19.6. The smallest absolute Gasteiger partial charge is 0.0346 e. The highest BCUT2D eigenvalue weighted by molar-refractivity contribution is 5.52. The van der Waals surface area contributed by atoms with Crippen molar-refractivity contribution in [2.75, 3.05) is 11.9 Å². The molecule has 1 nitrogen and oxygen atoms in total. The van der Waals surface area contributed by atoms with E-state index in [2.05, 4.69) is 71.0 Å². The van der Waals surface area contributed by atoms with Crippen molar-refractivity contribution in [3.05, 3.63) is 29.3 Å². The van der Waals surface area contributed by atoms with Gasteiger partial charge in [0.05, 0.1) is 0 Å². The maximum absolute atomic E-state index is 5.28. The predicted octanol–water partition coefficient (Wildman–Crippen LogP) is 6.28. The number of nitrogens with one attached hydrogen (secondary N) is 1. The minimum Gasteiger partial charge on any atom is -0.385 e. The summed E-state index contributed by atoms with van der Waals surface area (Å²) in [5.74, 6) is 2.71. The Balaban J connectivity index is 2.69. The molecule has 0 fully saturated rings. The van der Waals surface area contributed by atoms with E-state index in [9.17, 15) is 0 Å². The molecule has 1 N–H and O–H groups in total. The largest absolute Gasteiger partial charge is 0.385 e. The number of unbranched alkanes of at least 4 members (excludes halogenated alkanes) is 4. The molecule has 0 spiro atoms. The van der Waals surface area contributed by atoms with Gasteiger partial charge in [0.2, 0.25) is 0 Å². The molecule has 0 aliphatic rings. The lowest BCUT2D eigenvalue weighted by Gasteiger charge is -2.26. The molecule has 1 rings (SSSR count). The third kappa shape index (κ3) is 7.12. The Morgan fingerprint density at radius 2 is 1.35 bits per heavy atom. The molecule has 0 radical (unpaired) electrons. The monoisotopic (exact) mass is 313 g/mol. The van der Waals surface area contributed by atoms with Crippen molar-refractivity contribution in [1.29, 1.82) is 0 Å². The SMILES string of the molecule is C#CCCCCCCNc1cc(C(C)(C)C)cc(C(C)(C)C)c1. The zero-order valence-electron chi connectivity index (χ0n) is 16.1. The lowest BCUT2D eigenvalue weighted by atomic mass is 9.80. The number of terminal acetylenes is 1. The van der Waals surface area contributed by atoms with E-state index in [-0.39, 0.29) is 10.8 Å². The molecule has 0 amide bonds. The van der Waals surface area contributed by atoms with E-state index >= 15 is 0 Å². The molecule has 0 atom stereocenters. The Bertz CT molecular complexity index is 488. The summed E-state index contributed by atoms with van der Waals surface area (Å²) in [6.07, 6.45) is 11.0. The molecule has 0 saturated heterocycles. The summed E-state index contributed by atoms with van der Waals surface area (Å²) in [6, 6.07) is 6.99. The first-order valence-electron chi connectivity index (χ1n) is 8.98. The first-order valence-corrected chi connectivity index (χ1v) is 8.98. The van der Waals surface area contributed by atoms with Crippen LogP contribution in [0.1, 0.15) is 84.8 Å². The average Bonchev–Trinajstić information content (AvgIpc) is 2.44. The predicted molar refractivity (Wildman–Crippen MR) is 104 cm³/mol. The lowest BCUT2D eigenvalue weighted by molar-refractivity contribution is 0.569. The molecule has 128 valence electrons. The van der Waals surface area contributed by atoms with Gasteiger partial charge in [-0.05, 0) is 46.9 Å². The minimum absolute atomic E-state index is 0.174. The molecular formula is C22H35N. The average molecular weight is 314 g/mol. The van der Waals surface area contributed by atoms with Crippen LogP contribution in [-0.4, -0.2) is 6.54 Å². The summed E-state index contributed by atoms with van der Waals surface area (Å²) in [4.78, 5) is 0. The topological polar surface area (TPSA) is 12.0 Å². The zero-order valence-corrected chi connectivity index (χ0v) is 16.1. The molecule has 0 saturated carbocycles. The first-order chi connectivity index (χ1) is 10.6. The van der Waals surface area contributed by atoms with Crippen LogP contribution in [0.15, 0.2) is 18.2 Å². The zero-order chi connectivity index (χ0) is 17.5. The van der Waals surface area contributed by atoms with Gasteiger partial charge in [-0.1, -0.05) is 60.5 Å². The van der Waals surface area contributed by atoms with Gasteiger partial charge in [-0.15, -0.1) is 12.3 Å². The lowest BCUT2D eigenvalue weighted by Crippen LogP contribution is -2.17. The highest BCUT2D eigenvalue weighted by Crippen LogP contribution is 2.32. The van der Waals surface area contributed by atoms with Crippen molar-refractivity contribution in [2.24, 2.45) is 0 Å².